The number of hydrogen-bond donors (Lipinski definition) is 3. The van der Waals surface area contributed by atoms with Crippen LogP contribution in [-0.2, 0) is 4.79 Å². The van der Waals surface area contributed by atoms with Gasteiger partial charge in [0.2, 0.25) is 0 Å². The van der Waals surface area contributed by atoms with Crippen LogP contribution in [0.5, 0.6) is 5.75 Å². The van der Waals surface area contributed by atoms with Gasteiger partial charge in [0.15, 0.2) is 0 Å². The van der Waals surface area contributed by atoms with E-state index in [-0.39, 0.29) is 29.3 Å². The molecule has 1 aromatic heterocycles. The van der Waals surface area contributed by atoms with Crippen molar-refractivity contribution in [1.29, 1.82) is 0 Å². The van der Waals surface area contributed by atoms with E-state index >= 15 is 0 Å². The number of carbonyl (C=O) groups is 1. The van der Waals surface area contributed by atoms with Gasteiger partial charge in [-0.3, -0.25) is 14.9 Å². The van der Waals surface area contributed by atoms with E-state index in [1.54, 1.807) is 18.3 Å². The molecule has 1 aromatic carbocycles. The van der Waals surface area contributed by atoms with Crippen LogP contribution in [0.25, 0.3) is 17.7 Å². The molecule has 0 bridgehead atoms. The molecule has 0 unspecified atom stereocenters. The topological polar surface area (TPSA) is 117 Å². The van der Waals surface area contributed by atoms with Crippen molar-refractivity contribution in [2.24, 2.45) is 0 Å². The van der Waals surface area contributed by atoms with Crippen molar-refractivity contribution >= 4 is 35.0 Å². The molecule has 3 rings (SSSR count). The van der Waals surface area contributed by atoms with E-state index < -0.39 is 4.92 Å². The largest absolute Gasteiger partial charge is 0.495 e. The molecule has 0 aliphatic carbocycles. The first-order valence-corrected chi connectivity index (χ1v) is 7.40. The Morgan fingerprint density at radius 2 is 2.16 bits per heavy atom. The summed E-state index contributed by atoms with van der Waals surface area (Å²) in [4.78, 5) is 26.2. The summed E-state index contributed by atoms with van der Waals surface area (Å²) in [7, 11) is 1.51. The lowest BCUT2D eigenvalue weighted by Gasteiger charge is -2.06. The smallest absolute Gasteiger partial charge is 0.277 e. The number of aromatic amines is 1. The zero-order valence-corrected chi connectivity index (χ0v) is 13.3. The molecule has 1 amide bonds. The molecular weight excluding hydrogens is 326 g/mol. The lowest BCUT2D eigenvalue weighted by atomic mass is 9.97. The highest BCUT2D eigenvalue weighted by Gasteiger charge is 2.31. The van der Waals surface area contributed by atoms with Crippen LogP contribution in [-0.4, -0.2) is 34.6 Å². The van der Waals surface area contributed by atoms with E-state index in [1.807, 2.05) is 0 Å². The van der Waals surface area contributed by atoms with E-state index in [0.29, 0.717) is 22.7 Å². The SMILES string of the molecule is COc1cc[nH]c1C=C1C(=O)Nc2ccc([N+](=O)[O-])c(C=CCO)c21. The molecular formula is C17H15N3O5. The highest BCUT2D eigenvalue weighted by Crippen LogP contribution is 2.41. The second-order valence-electron chi connectivity index (χ2n) is 5.23. The number of ether oxygens (including phenoxy) is 1. The molecule has 128 valence electrons. The zero-order valence-electron chi connectivity index (χ0n) is 13.3. The minimum absolute atomic E-state index is 0.149. The first-order chi connectivity index (χ1) is 12.1. The van der Waals surface area contributed by atoms with Gasteiger partial charge in [-0.25, -0.2) is 0 Å². The number of nitrogens with one attached hydrogen (secondary N) is 2. The average Bonchev–Trinajstić information content (AvgIpc) is 3.17. The number of hydrogen-bond acceptors (Lipinski definition) is 5. The number of carbonyl (C=O) groups excluding carboxylic acids is 1. The van der Waals surface area contributed by atoms with Gasteiger partial charge in [0.05, 0.1) is 41.2 Å². The molecule has 2 heterocycles. The van der Waals surface area contributed by atoms with Crippen LogP contribution in [0.15, 0.2) is 30.5 Å². The van der Waals surface area contributed by atoms with Gasteiger partial charge < -0.3 is 20.1 Å². The van der Waals surface area contributed by atoms with Gasteiger partial charge >= 0.3 is 0 Å². The number of H-pyrrole nitrogens is 1. The number of anilines is 1. The minimum Gasteiger partial charge on any atom is -0.495 e. The number of aliphatic hydroxyl groups is 1. The summed E-state index contributed by atoms with van der Waals surface area (Å²) in [6, 6.07) is 4.53. The predicted molar refractivity (Wildman–Crippen MR) is 93.1 cm³/mol. The Morgan fingerprint density at radius 1 is 1.36 bits per heavy atom. The van der Waals surface area contributed by atoms with Gasteiger partial charge in [-0.05, 0) is 24.3 Å². The maximum atomic E-state index is 12.4. The molecule has 0 atom stereocenters. The Balaban J connectivity index is 2.24. The lowest BCUT2D eigenvalue weighted by molar-refractivity contribution is -0.385. The van der Waals surface area contributed by atoms with Crippen LogP contribution in [0, 0.1) is 10.1 Å². The zero-order chi connectivity index (χ0) is 18.0. The highest BCUT2D eigenvalue weighted by molar-refractivity contribution is 6.35. The molecule has 25 heavy (non-hydrogen) atoms. The Hall–Kier alpha value is -3.39. The summed E-state index contributed by atoms with van der Waals surface area (Å²) in [6.07, 6.45) is 6.08. The van der Waals surface area contributed by atoms with Crippen LogP contribution < -0.4 is 10.1 Å². The van der Waals surface area contributed by atoms with E-state index in [4.69, 9.17) is 9.84 Å². The number of aromatic nitrogens is 1. The van der Waals surface area contributed by atoms with E-state index in [0.717, 1.165) is 0 Å². The van der Waals surface area contributed by atoms with Gasteiger partial charge in [0, 0.05) is 17.8 Å². The summed E-state index contributed by atoms with van der Waals surface area (Å²) >= 11 is 0. The van der Waals surface area contributed by atoms with Crippen molar-refractivity contribution in [3.8, 4) is 5.75 Å². The van der Waals surface area contributed by atoms with Crippen LogP contribution in [0.4, 0.5) is 11.4 Å². The summed E-state index contributed by atoms with van der Waals surface area (Å²) in [6.45, 7) is -0.272. The quantitative estimate of drug-likeness (QED) is 0.438. The van der Waals surface area contributed by atoms with Crippen molar-refractivity contribution < 1.29 is 19.6 Å². The van der Waals surface area contributed by atoms with Gasteiger partial charge in [0.1, 0.15) is 5.75 Å². The van der Waals surface area contributed by atoms with Crippen molar-refractivity contribution in [2.75, 3.05) is 19.0 Å². The molecule has 3 N–H and O–H groups in total. The fourth-order valence-electron chi connectivity index (χ4n) is 2.75. The molecule has 8 heteroatoms. The number of benzene rings is 1. The number of fused-ring (bicyclic) bond motifs is 1. The second kappa shape index (κ2) is 6.62. The third kappa shape index (κ3) is 2.90. The molecule has 0 saturated heterocycles. The number of methoxy groups -OCH3 is 1. The van der Waals surface area contributed by atoms with Crippen molar-refractivity contribution in [1.82, 2.24) is 4.98 Å². The number of rotatable bonds is 5. The summed E-state index contributed by atoms with van der Waals surface area (Å²) in [5, 5.41) is 23.1. The molecule has 1 aliphatic rings. The third-order valence-corrected chi connectivity index (χ3v) is 3.82. The molecule has 0 fully saturated rings. The second-order valence-corrected chi connectivity index (χ2v) is 5.23. The van der Waals surface area contributed by atoms with E-state index in [9.17, 15) is 14.9 Å². The first-order valence-electron chi connectivity index (χ1n) is 7.40. The first kappa shape index (κ1) is 16.5. The van der Waals surface area contributed by atoms with Crippen molar-refractivity contribution in [2.45, 2.75) is 0 Å². The number of nitrogens with zero attached hydrogens (tertiary/aromatic N) is 1. The van der Waals surface area contributed by atoms with Gasteiger partial charge in [-0.1, -0.05) is 6.08 Å². The molecule has 0 saturated carbocycles. The maximum absolute atomic E-state index is 12.4. The van der Waals surface area contributed by atoms with Crippen LogP contribution in [0.1, 0.15) is 16.8 Å². The maximum Gasteiger partial charge on any atom is 0.277 e. The minimum atomic E-state index is -0.521. The Morgan fingerprint density at radius 3 is 2.84 bits per heavy atom. The Bertz CT molecular complexity index is 911. The third-order valence-electron chi connectivity index (χ3n) is 3.82. The van der Waals surface area contributed by atoms with Gasteiger partial charge in [0.25, 0.3) is 11.6 Å². The van der Waals surface area contributed by atoms with Crippen LogP contribution in [0.3, 0.4) is 0 Å². The predicted octanol–water partition coefficient (Wildman–Crippen LogP) is 2.43. The lowest BCUT2D eigenvalue weighted by Crippen LogP contribution is -2.03. The van der Waals surface area contributed by atoms with E-state index in [1.165, 1.54) is 31.4 Å². The monoisotopic (exact) mass is 341 g/mol. The number of aliphatic hydroxyl groups excluding tert-OH is 1. The van der Waals surface area contributed by atoms with Crippen molar-refractivity contribution in [3.63, 3.8) is 0 Å². The van der Waals surface area contributed by atoms with Crippen LogP contribution >= 0.6 is 0 Å². The average molecular weight is 341 g/mol. The van der Waals surface area contributed by atoms with E-state index in [2.05, 4.69) is 10.3 Å². The number of amides is 1. The number of nitro benzene ring substituents is 1. The molecule has 8 nitrogen and oxygen atoms in total. The van der Waals surface area contributed by atoms with Crippen LogP contribution in [0.2, 0.25) is 0 Å². The van der Waals surface area contributed by atoms with Gasteiger partial charge in [-0.15, -0.1) is 0 Å². The fraction of sp³-hybridized carbons (Fsp3) is 0.118. The van der Waals surface area contributed by atoms with Gasteiger partial charge in [-0.2, -0.15) is 0 Å². The normalized spacial score (nSPS) is 14.8. The Kier molecular flexibility index (Phi) is 4.36. The molecule has 2 aromatic rings. The number of nitro groups is 1. The standard InChI is InChI=1S/C17H15N3O5/c1-25-15-6-7-18-13(15)9-11-16-10(3-2-8-21)14(20(23)24)5-4-12(16)19-17(11)22/h2-7,9,18,21H,8H2,1H3,(H,19,22). The highest BCUT2D eigenvalue weighted by atomic mass is 16.6. The molecule has 0 spiro atoms. The molecule has 1 aliphatic heterocycles. The summed E-state index contributed by atoms with van der Waals surface area (Å²) in [5.74, 6) is 0.178. The summed E-state index contributed by atoms with van der Waals surface area (Å²) in [5.41, 5.74) is 1.85. The summed E-state index contributed by atoms with van der Waals surface area (Å²) < 4.78 is 5.21. The fourth-order valence-corrected chi connectivity index (χ4v) is 2.75. The molecule has 0 radical (unpaired) electrons. The Labute approximate surface area is 142 Å². The van der Waals surface area contributed by atoms with Crippen molar-refractivity contribution in [3.05, 3.63) is 57.4 Å².